The van der Waals surface area contributed by atoms with E-state index in [9.17, 15) is 18.0 Å². The summed E-state index contributed by atoms with van der Waals surface area (Å²) in [5.41, 5.74) is -0.210. The minimum absolute atomic E-state index is 0.107. The van der Waals surface area contributed by atoms with Crippen molar-refractivity contribution >= 4 is 21.9 Å². The lowest BCUT2D eigenvalue weighted by atomic mass is 10.4. The third kappa shape index (κ3) is 4.83. The molecule has 1 aromatic heterocycles. The van der Waals surface area contributed by atoms with Crippen molar-refractivity contribution in [2.24, 2.45) is 0 Å². The monoisotopic (exact) mass is 318 g/mol. The number of ether oxygens (including phenoxy) is 1. The summed E-state index contributed by atoms with van der Waals surface area (Å²) in [7, 11) is -4.06. The fourth-order valence-electron chi connectivity index (χ4n) is 1.39. The largest absolute Gasteiger partial charge is 0.462 e. The maximum absolute atomic E-state index is 12.0. The van der Waals surface area contributed by atoms with Crippen molar-refractivity contribution in [3.8, 4) is 0 Å². The first-order valence-electron chi connectivity index (χ1n) is 6.39. The molecule has 10 heteroatoms. The van der Waals surface area contributed by atoms with E-state index in [1.165, 1.54) is 0 Å². The zero-order chi connectivity index (χ0) is 15.9. The lowest BCUT2D eigenvalue weighted by Gasteiger charge is -2.07. The van der Waals surface area contributed by atoms with Crippen LogP contribution in [0.1, 0.15) is 30.6 Å². The lowest BCUT2D eigenvalue weighted by molar-refractivity contribution is -0.119. The fourth-order valence-corrected chi connectivity index (χ4v) is 2.46. The average molecular weight is 318 g/mol. The molecule has 1 heterocycles. The Labute approximate surface area is 122 Å². The molecule has 0 atom stereocenters. The van der Waals surface area contributed by atoms with E-state index in [1.54, 1.807) is 6.92 Å². The van der Waals surface area contributed by atoms with Gasteiger partial charge in [0.25, 0.3) is 10.0 Å². The van der Waals surface area contributed by atoms with Gasteiger partial charge >= 0.3 is 5.97 Å². The van der Waals surface area contributed by atoms with E-state index in [2.05, 4.69) is 20.2 Å². The smallest absolute Gasteiger partial charge is 0.342 e. The highest BCUT2D eigenvalue weighted by molar-refractivity contribution is 7.89. The number of carbonyl (C=O) groups excluding carboxylic acids is 2. The number of rotatable bonds is 8. The second kappa shape index (κ2) is 7.74. The number of carbonyl (C=O) groups is 2. The standard InChI is InChI=1S/C11H18N4O5S/c1-3-5-12-9(16)7-14-21(18,19)10-8(6-13-15-10)11(17)20-4-2/h6,14H,3-5,7H2,1-2H3,(H,12,16)(H,13,15). The highest BCUT2D eigenvalue weighted by Crippen LogP contribution is 2.12. The predicted molar refractivity (Wildman–Crippen MR) is 73.0 cm³/mol. The molecule has 0 aliphatic heterocycles. The van der Waals surface area contributed by atoms with Gasteiger partial charge in [0.1, 0.15) is 5.56 Å². The van der Waals surface area contributed by atoms with Gasteiger partial charge in [-0.3, -0.25) is 9.89 Å². The molecule has 0 fully saturated rings. The molecule has 1 aromatic rings. The van der Waals surface area contributed by atoms with Crippen molar-refractivity contribution in [2.45, 2.75) is 25.3 Å². The van der Waals surface area contributed by atoms with Gasteiger partial charge in [-0.2, -0.15) is 5.10 Å². The summed E-state index contributed by atoms with van der Waals surface area (Å²) in [5.74, 6) is -1.26. The number of esters is 1. The molecule has 0 radical (unpaired) electrons. The Kier molecular flexibility index (Phi) is 6.31. The summed E-state index contributed by atoms with van der Waals surface area (Å²) >= 11 is 0. The molecule has 0 aliphatic rings. The zero-order valence-electron chi connectivity index (χ0n) is 11.8. The van der Waals surface area contributed by atoms with Crippen LogP contribution in [0.3, 0.4) is 0 Å². The molecule has 0 saturated carbocycles. The average Bonchev–Trinajstić information content (AvgIpc) is 2.93. The maximum Gasteiger partial charge on any atom is 0.342 e. The summed E-state index contributed by atoms with van der Waals surface area (Å²) in [6, 6.07) is 0. The number of hydrogen-bond acceptors (Lipinski definition) is 6. The Morgan fingerprint density at radius 3 is 2.71 bits per heavy atom. The van der Waals surface area contributed by atoms with Crippen LogP contribution in [-0.4, -0.2) is 50.2 Å². The van der Waals surface area contributed by atoms with Crippen LogP contribution in [0.2, 0.25) is 0 Å². The summed E-state index contributed by atoms with van der Waals surface area (Å²) < 4.78 is 30.9. The molecule has 1 amide bonds. The Hall–Kier alpha value is -1.94. The summed E-state index contributed by atoms with van der Waals surface area (Å²) in [6.45, 7) is 3.61. The predicted octanol–water partition coefficient (Wildman–Crippen LogP) is -0.609. The SMILES string of the molecule is CCCNC(=O)CNS(=O)(=O)c1[nH]ncc1C(=O)OCC. The highest BCUT2D eigenvalue weighted by Gasteiger charge is 2.26. The van der Waals surface area contributed by atoms with Gasteiger partial charge in [-0.05, 0) is 13.3 Å². The second-order valence-corrected chi connectivity index (χ2v) is 5.71. The van der Waals surface area contributed by atoms with Crippen LogP contribution < -0.4 is 10.0 Å². The van der Waals surface area contributed by atoms with Crippen molar-refractivity contribution in [3.63, 3.8) is 0 Å². The van der Waals surface area contributed by atoms with E-state index >= 15 is 0 Å². The fraction of sp³-hybridized carbons (Fsp3) is 0.545. The van der Waals surface area contributed by atoms with Crippen molar-refractivity contribution in [3.05, 3.63) is 11.8 Å². The molecule has 0 saturated heterocycles. The third-order valence-electron chi connectivity index (χ3n) is 2.36. The number of nitrogens with one attached hydrogen (secondary N) is 3. The van der Waals surface area contributed by atoms with Gasteiger partial charge in [0, 0.05) is 6.54 Å². The third-order valence-corrected chi connectivity index (χ3v) is 3.74. The molecule has 3 N–H and O–H groups in total. The number of hydrogen-bond donors (Lipinski definition) is 3. The molecular weight excluding hydrogens is 300 g/mol. The van der Waals surface area contributed by atoms with E-state index < -0.39 is 33.5 Å². The van der Waals surface area contributed by atoms with E-state index in [1.807, 2.05) is 6.92 Å². The van der Waals surface area contributed by atoms with Gasteiger partial charge in [-0.15, -0.1) is 0 Å². The number of aromatic amines is 1. The molecule has 0 aliphatic carbocycles. The van der Waals surface area contributed by atoms with Gasteiger partial charge < -0.3 is 10.1 Å². The number of aromatic nitrogens is 2. The molecule has 21 heavy (non-hydrogen) atoms. The van der Waals surface area contributed by atoms with Gasteiger partial charge in [0.05, 0.1) is 19.3 Å². The van der Waals surface area contributed by atoms with E-state index in [4.69, 9.17) is 4.74 Å². The molecule has 0 bridgehead atoms. The quantitative estimate of drug-likeness (QED) is 0.548. The van der Waals surface area contributed by atoms with Crippen LogP contribution in [0.15, 0.2) is 11.2 Å². The lowest BCUT2D eigenvalue weighted by Crippen LogP contribution is -2.37. The second-order valence-electron chi connectivity index (χ2n) is 4.01. The maximum atomic E-state index is 12.0. The van der Waals surface area contributed by atoms with Crippen molar-refractivity contribution < 1.29 is 22.7 Å². The van der Waals surface area contributed by atoms with Crippen LogP contribution in [0.4, 0.5) is 0 Å². The van der Waals surface area contributed by atoms with Crippen molar-refractivity contribution in [2.75, 3.05) is 19.7 Å². The Balaban J connectivity index is 2.77. The Bertz CT molecular complexity index is 596. The first kappa shape index (κ1) is 17.1. The Morgan fingerprint density at radius 2 is 2.10 bits per heavy atom. The van der Waals surface area contributed by atoms with Gasteiger partial charge in [-0.1, -0.05) is 6.92 Å². The minimum atomic E-state index is -4.06. The van der Waals surface area contributed by atoms with Crippen molar-refractivity contribution in [1.29, 1.82) is 0 Å². The van der Waals surface area contributed by atoms with Crippen LogP contribution in [-0.2, 0) is 19.6 Å². The number of amides is 1. The summed E-state index contributed by atoms with van der Waals surface area (Å²) in [4.78, 5) is 23.0. The van der Waals surface area contributed by atoms with E-state index in [-0.39, 0.29) is 12.2 Å². The van der Waals surface area contributed by atoms with Gasteiger partial charge in [-0.25, -0.2) is 17.9 Å². The molecular formula is C11H18N4O5S. The first-order chi connectivity index (χ1) is 9.92. The van der Waals surface area contributed by atoms with Crippen LogP contribution in [0, 0.1) is 0 Å². The molecule has 0 spiro atoms. The Morgan fingerprint density at radius 1 is 1.38 bits per heavy atom. The molecule has 0 aromatic carbocycles. The van der Waals surface area contributed by atoms with Crippen LogP contribution in [0.5, 0.6) is 0 Å². The first-order valence-corrected chi connectivity index (χ1v) is 7.87. The molecule has 118 valence electrons. The summed E-state index contributed by atoms with van der Waals surface area (Å²) in [6.07, 6.45) is 1.80. The van der Waals surface area contributed by atoms with Gasteiger partial charge in [0.2, 0.25) is 5.91 Å². The van der Waals surface area contributed by atoms with Crippen molar-refractivity contribution in [1.82, 2.24) is 20.2 Å². The topological polar surface area (TPSA) is 130 Å². The number of sulfonamides is 1. The molecule has 0 unspecified atom stereocenters. The van der Waals surface area contributed by atoms with Crippen LogP contribution >= 0.6 is 0 Å². The van der Waals surface area contributed by atoms with Crippen LogP contribution in [0.25, 0.3) is 0 Å². The highest BCUT2D eigenvalue weighted by atomic mass is 32.2. The number of nitrogens with zero attached hydrogens (tertiary/aromatic N) is 1. The normalized spacial score (nSPS) is 11.1. The van der Waals surface area contributed by atoms with E-state index in [0.717, 1.165) is 12.6 Å². The van der Waals surface area contributed by atoms with E-state index in [0.29, 0.717) is 6.54 Å². The zero-order valence-corrected chi connectivity index (χ0v) is 12.6. The minimum Gasteiger partial charge on any atom is -0.462 e. The summed E-state index contributed by atoms with van der Waals surface area (Å²) in [5, 5.41) is 7.84. The number of H-pyrrole nitrogens is 1. The molecule has 9 nitrogen and oxygen atoms in total. The van der Waals surface area contributed by atoms with Gasteiger partial charge in [0.15, 0.2) is 5.03 Å². The molecule has 1 rings (SSSR count).